The molecule has 0 saturated carbocycles. The third-order valence-electron chi connectivity index (χ3n) is 3.73. The number of rotatable bonds is 4. The lowest BCUT2D eigenvalue weighted by Crippen LogP contribution is -2.34. The van der Waals surface area contributed by atoms with Crippen molar-refractivity contribution in [3.05, 3.63) is 54.2 Å². The van der Waals surface area contributed by atoms with Gasteiger partial charge >= 0.3 is 0 Å². The van der Waals surface area contributed by atoms with Crippen LogP contribution in [0.5, 0.6) is 0 Å². The van der Waals surface area contributed by atoms with E-state index in [0.29, 0.717) is 11.0 Å². The molecular formula is C17H18FNO2S2. The van der Waals surface area contributed by atoms with Crippen LogP contribution in [0.4, 0.5) is 4.39 Å². The predicted molar refractivity (Wildman–Crippen MR) is 92.2 cm³/mol. The van der Waals surface area contributed by atoms with Crippen LogP contribution in [-0.2, 0) is 4.79 Å². The van der Waals surface area contributed by atoms with Gasteiger partial charge in [-0.25, -0.2) is 4.39 Å². The first-order valence-electron chi connectivity index (χ1n) is 7.53. The largest absolute Gasteiger partial charge is 0.468 e. The van der Waals surface area contributed by atoms with Crippen molar-refractivity contribution in [2.24, 2.45) is 0 Å². The average molecular weight is 351 g/mol. The van der Waals surface area contributed by atoms with E-state index in [2.05, 4.69) is 0 Å². The van der Waals surface area contributed by atoms with Crippen molar-refractivity contribution < 1.29 is 13.6 Å². The molecule has 1 amide bonds. The number of hydrogen-bond acceptors (Lipinski definition) is 4. The van der Waals surface area contributed by atoms with Gasteiger partial charge in [0.15, 0.2) is 0 Å². The van der Waals surface area contributed by atoms with E-state index in [0.717, 1.165) is 35.9 Å². The SMILES string of the molecule is O=C(CSc1ccc(F)cc1)N1CCS[C@H](c2ccco2)CC1. The van der Waals surface area contributed by atoms with Gasteiger partial charge in [-0.2, -0.15) is 0 Å². The summed E-state index contributed by atoms with van der Waals surface area (Å²) in [5.41, 5.74) is 0. The zero-order valence-corrected chi connectivity index (χ0v) is 14.2. The number of carbonyl (C=O) groups excluding carboxylic acids is 1. The van der Waals surface area contributed by atoms with E-state index in [1.807, 2.05) is 28.8 Å². The van der Waals surface area contributed by atoms with Crippen LogP contribution in [0.15, 0.2) is 52.0 Å². The molecule has 6 heteroatoms. The number of amides is 1. The van der Waals surface area contributed by atoms with Crippen molar-refractivity contribution in [3.8, 4) is 0 Å². The van der Waals surface area contributed by atoms with Crippen molar-refractivity contribution in [1.29, 1.82) is 0 Å². The maximum absolute atomic E-state index is 12.9. The summed E-state index contributed by atoms with van der Waals surface area (Å²) in [5.74, 6) is 2.18. The number of thioether (sulfide) groups is 2. The summed E-state index contributed by atoms with van der Waals surface area (Å²) >= 11 is 3.30. The molecule has 0 radical (unpaired) electrons. The summed E-state index contributed by atoms with van der Waals surface area (Å²) in [5, 5.41) is 0.326. The molecule has 1 aliphatic heterocycles. The van der Waals surface area contributed by atoms with Crippen molar-refractivity contribution in [3.63, 3.8) is 0 Å². The fourth-order valence-electron chi connectivity index (χ4n) is 2.49. The van der Waals surface area contributed by atoms with E-state index in [1.54, 1.807) is 18.4 Å². The van der Waals surface area contributed by atoms with E-state index in [9.17, 15) is 9.18 Å². The highest BCUT2D eigenvalue weighted by atomic mass is 32.2. The monoisotopic (exact) mass is 351 g/mol. The molecule has 0 spiro atoms. The molecule has 0 N–H and O–H groups in total. The van der Waals surface area contributed by atoms with E-state index in [4.69, 9.17) is 4.42 Å². The highest BCUT2D eigenvalue weighted by molar-refractivity contribution is 8.00. The quantitative estimate of drug-likeness (QED) is 0.773. The van der Waals surface area contributed by atoms with Crippen molar-refractivity contribution >= 4 is 29.4 Å². The van der Waals surface area contributed by atoms with Crippen LogP contribution < -0.4 is 0 Å². The summed E-state index contributed by atoms with van der Waals surface area (Å²) in [6, 6.07) is 10.2. The van der Waals surface area contributed by atoms with Gasteiger partial charge in [-0.15, -0.1) is 23.5 Å². The predicted octanol–water partition coefficient (Wildman–Crippen LogP) is 4.22. The fraction of sp³-hybridized carbons (Fsp3) is 0.353. The molecule has 0 unspecified atom stereocenters. The zero-order valence-electron chi connectivity index (χ0n) is 12.6. The van der Waals surface area contributed by atoms with Gasteiger partial charge in [0.25, 0.3) is 0 Å². The first-order valence-corrected chi connectivity index (χ1v) is 9.57. The van der Waals surface area contributed by atoms with Crippen LogP contribution in [0, 0.1) is 5.82 Å². The van der Waals surface area contributed by atoms with Gasteiger partial charge in [0.2, 0.25) is 5.91 Å². The van der Waals surface area contributed by atoms with Crippen LogP contribution in [0.2, 0.25) is 0 Å². The molecule has 0 bridgehead atoms. The van der Waals surface area contributed by atoms with Gasteiger partial charge in [0.05, 0.1) is 17.3 Å². The minimum atomic E-state index is -0.255. The van der Waals surface area contributed by atoms with Gasteiger partial charge in [0, 0.05) is 23.7 Å². The summed E-state index contributed by atoms with van der Waals surface area (Å²) in [4.78, 5) is 15.2. The number of benzene rings is 1. The third-order valence-corrected chi connectivity index (χ3v) is 6.02. The van der Waals surface area contributed by atoms with Crippen molar-refractivity contribution in [1.82, 2.24) is 4.90 Å². The molecule has 3 rings (SSSR count). The lowest BCUT2D eigenvalue weighted by molar-refractivity contribution is -0.128. The second kappa shape index (κ2) is 7.93. The van der Waals surface area contributed by atoms with E-state index < -0.39 is 0 Å². The Bertz CT molecular complexity index is 631. The first kappa shape index (κ1) is 16.5. The van der Waals surface area contributed by atoms with Crippen LogP contribution in [0.25, 0.3) is 0 Å². The summed E-state index contributed by atoms with van der Waals surface area (Å²) in [6.45, 7) is 1.52. The first-order chi connectivity index (χ1) is 11.2. The number of carbonyl (C=O) groups is 1. The molecule has 23 heavy (non-hydrogen) atoms. The van der Waals surface area contributed by atoms with Gasteiger partial charge in [-0.1, -0.05) is 0 Å². The molecule has 1 aromatic heterocycles. The van der Waals surface area contributed by atoms with Gasteiger partial charge in [-0.05, 0) is 42.8 Å². The molecule has 2 aromatic rings. The molecule has 1 saturated heterocycles. The number of hydrogen-bond donors (Lipinski definition) is 0. The van der Waals surface area contributed by atoms with Crippen molar-refractivity contribution in [2.45, 2.75) is 16.6 Å². The van der Waals surface area contributed by atoms with Crippen LogP contribution >= 0.6 is 23.5 Å². The molecule has 2 heterocycles. The highest BCUT2D eigenvalue weighted by Crippen LogP contribution is 2.34. The Balaban J connectivity index is 1.50. The van der Waals surface area contributed by atoms with Gasteiger partial charge in [-0.3, -0.25) is 4.79 Å². The van der Waals surface area contributed by atoms with Gasteiger partial charge < -0.3 is 9.32 Å². The Morgan fingerprint density at radius 3 is 2.87 bits per heavy atom. The Kier molecular flexibility index (Phi) is 5.67. The Morgan fingerprint density at radius 2 is 2.13 bits per heavy atom. The molecule has 122 valence electrons. The summed E-state index contributed by atoms with van der Waals surface area (Å²) < 4.78 is 18.4. The number of nitrogens with zero attached hydrogens (tertiary/aromatic N) is 1. The molecule has 1 fully saturated rings. The van der Waals surface area contributed by atoms with E-state index in [1.165, 1.54) is 23.9 Å². The zero-order chi connectivity index (χ0) is 16.1. The van der Waals surface area contributed by atoms with Crippen LogP contribution in [0.1, 0.15) is 17.4 Å². The molecule has 1 aromatic carbocycles. The third kappa shape index (κ3) is 4.54. The number of furan rings is 1. The van der Waals surface area contributed by atoms with E-state index in [-0.39, 0.29) is 11.7 Å². The molecule has 1 atom stereocenters. The maximum Gasteiger partial charge on any atom is 0.232 e. The summed E-state index contributed by atoms with van der Waals surface area (Å²) in [6.07, 6.45) is 2.61. The second-order valence-electron chi connectivity index (χ2n) is 5.29. The van der Waals surface area contributed by atoms with Gasteiger partial charge in [0.1, 0.15) is 11.6 Å². The molecule has 0 aliphatic carbocycles. The number of halogens is 1. The minimum Gasteiger partial charge on any atom is -0.468 e. The van der Waals surface area contributed by atoms with Crippen molar-refractivity contribution in [2.75, 3.05) is 24.6 Å². The minimum absolute atomic E-state index is 0.139. The highest BCUT2D eigenvalue weighted by Gasteiger charge is 2.23. The van der Waals surface area contributed by atoms with E-state index >= 15 is 0 Å². The summed E-state index contributed by atoms with van der Waals surface area (Å²) in [7, 11) is 0. The average Bonchev–Trinajstić information content (AvgIpc) is 2.98. The smallest absolute Gasteiger partial charge is 0.232 e. The molecule has 1 aliphatic rings. The second-order valence-corrected chi connectivity index (χ2v) is 7.65. The Hall–Kier alpha value is -1.40. The lowest BCUT2D eigenvalue weighted by Gasteiger charge is -2.20. The Labute approximate surface area is 143 Å². The maximum atomic E-state index is 12.9. The Morgan fingerprint density at radius 1 is 1.30 bits per heavy atom. The fourth-order valence-corrected chi connectivity index (χ4v) is 4.47. The molecular weight excluding hydrogens is 333 g/mol. The van der Waals surface area contributed by atoms with Crippen LogP contribution in [0.3, 0.4) is 0 Å². The topological polar surface area (TPSA) is 33.5 Å². The normalized spacial score (nSPS) is 18.7. The molecule has 3 nitrogen and oxygen atoms in total. The lowest BCUT2D eigenvalue weighted by atomic mass is 10.2. The van der Waals surface area contributed by atoms with Crippen LogP contribution in [-0.4, -0.2) is 35.4 Å². The standard InChI is InChI=1S/C17H18FNO2S2/c18-13-3-5-14(6-4-13)23-12-17(20)19-8-7-16(22-11-9-19)15-2-1-10-21-15/h1-6,10,16H,7-9,11-12H2/t16-/m0/s1.